The minimum atomic E-state index is 0.502. The van der Waals surface area contributed by atoms with Crippen LogP contribution in [0, 0.1) is 0 Å². The molecule has 3 heteroatoms. The Hall–Kier alpha value is -3.46. The molecule has 0 saturated carbocycles. The minimum Gasteiger partial charge on any atom is -0.493 e. The number of anilines is 1. The summed E-state index contributed by atoms with van der Waals surface area (Å²) in [6.07, 6.45) is 0. The molecule has 4 aromatic carbocycles. The van der Waals surface area contributed by atoms with E-state index in [4.69, 9.17) is 9.47 Å². The number of methoxy groups -OCH3 is 1. The average Bonchev–Trinajstić information content (AvgIpc) is 2.77. The van der Waals surface area contributed by atoms with Crippen LogP contribution in [0.4, 0.5) is 5.69 Å². The van der Waals surface area contributed by atoms with Gasteiger partial charge in [-0.2, -0.15) is 0 Å². The molecule has 0 fully saturated rings. The second-order valence-corrected chi connectivity index (χ2v) is 6.60. The fourth-order valence-corrected chi connectivity index (χ4v) is 3.32. The van der Waals surface area contributed by atoms with Gasteiger partial charge in [0.25, 0.3) is 0 Å². The molecule has 0 heterocycles. The molecule has 0 aromatic heterocycles. The third-order valence-electron chi connectivity index (χ3n) is 4.77. The van der Waals surface area contributed by atoms with Gasteiger partial charge in [0.2, 0.25) is 0 Å². The van der Waals surface area contributed by atoms with Crippen LogP contribution in [0.15, 0.2) is 91.0 Å². The van der Waals surface area contributed by atoms with Crippen molar-refractivity contribution < 1.29 is 9.47 Å². The number of fused-ring (bicyclic) bond motifs is 1. The van der Waals surface area contributed by atoms with Crippen LogP contribution in [0.3, 0.4) is 0 Å². The first-order valence-electron chi connectivity index (χ1n) is 9.39. The summed E-state index contributed by atoms with van der Waals surface area (Å²) >= 11 is 0. The van der Waals surface area contributed by atoms with Crippen LogP contribution in [0.1, 0.15) is 11.1 Å². The highest BCUT2D eigenvalue weighted by Crippen LogP contribution is 2.33. The number of para-hydroxylation sites is 1. The van der Waals surface area contributed by atoms with Crippen LogP contribution < -0.4 is 14.8 Å². The first-order valence-corrected chi connectivity index (χ1v) is 9.39. The number of benzene rings is 4. The van der Waals surface area contributed by atoms with Gasteiger partial charge in [-0.15, -0.1) is 0 Å². The molecule has 0 bridgehead atoms. The van der Waals surface area contributed by atoms with E-state index in [1.54, 1.807) is 7.11 Å². The van der Waals surface area contributed by atoms with Crippen molar-refractivity contribution in [2.45, 2.75) is 13.2 Å². The van der Waals surface area contributed by atoms with E-state index in [2.05, 4.69) is 66.0 Å². The third kappa shape index (κ3) is 3.94. The second-order valence-electron chi connectivity index (χ2n) is 6.60. The van der Waals surface area contributed by atoms with E-state index in [0.717, 1.165) is 28.3 Å². The molecule has 4 rings (SSSR count). The molecular weight excluding hydrogens is 346 g/mol. The summed E-state index contributed by atoms with van der Waals surface area (Å²) in [4.78, 5) is 0. The molecule has 4 aromatic rings. The van der Waals surface area contributed by atoms with Crippen molar-refractivity contribution in [2.24, 2.45) is 0 Å². The Labute approximate surface area is 165 Å². The van der Waals surface area contributed by atoms with Gasteiger partial charge in [0, 0.05) is 23.2 Å². The molecule has 0 amide bonds. The topological polar surface area (TPSA) is 30.5 Å². The Morgan fingerprint density at radius 3 is 2.36 bits per heavy atom. The van der Waals surface area contributed by atoms with Crippen molar-refractivity contribution in [2.75, 3.05) is 12.4 Å². The fraction of sp³-hybridized carbons (Fsp3) is 0.120. The molecule has 0 radical (unpaired) electrons. The molecule has 0 spiro atoms. The van der Waals surface area contributed by atoms with Gasteiger partial charge >= 0.3 is 0 Å². The van der Waals surface area contributed by atoms with Gasteiger partial charge in [-0.05, 0) is 23.1 Å². The Morgan fingerprint density at radius 1 is 0.750 bits per heavy atom. The monoisotopic (exact) mass is 369 g/mol. The van der Waals surface area contributed by atoms with Crippen molar-refractivity contribution in [3.63, 3.8) is 0 Å². The van der Waals surface area contributed by atoms with Gasteiger partial charge in [-0.3, -0.25) is 0 Å². The highest BCUT2D eigenvalue weighted by atomic mass is 16.5. The zero-order valence-electron chi connectivity index (χ0n) is 15.9. The summed E-state index contributed by atoms with van der Waals surface area (Å²) in [5.41, 5.74) is 3.29. The molecule has 0 aliphatic rings. The van der Waals surface area contributed by atoms with Gasteiger partial charge in [0.05, 0.1) is 7.11 Å². The minimum absolute atomic E-state index is 0.502. The lowest BCUT2D eigenvalue weighted by Gasteiger charge is -2.17. The molecular formula is C25H23NO2. The maximum atomic E-state index is 6.16. The zero-order valence-corrected chi connectivity index (χ0v) is 15.9. The summed E-state index contributed by atoms with van der Waals surface area (Å²) < 4.78 is 11.7. The van der Waals surface area contributed by atoms with Gasteiger partial charge in [0.15, 0.2) is 11.5 Å². The molecule has 0 aliphatic carbocycles. The molecule has 28 heavy (non-hydrogen) atoms. The lowest BCUT2D eigenvalue weighted by molar-refractivity contribution is 0.281. The van der Waals surface area contributed by atoms with E-state index >= 15 is 0 Å². The van der Waals surface area contributed by atoms with Crippen molar-refractivity contribution in [3.05, 3.63) is 102 Å². The molecule has 0 saturated heterocycles. The van der Waals surface area contributed by atoms with E-state index in [1.807, 2.05) is 30.3 Å². The molecule has 0 atom stereocenters. The van der Waals surface area contributed by atoms with Crippen LogP contribution in [0.5, 0.6) is 11.5 Å². The van der Waals surface area contributed by atoms with Crippen molar-refractivity contribution in [1.82, 2.24) is 0 Å². The van der Waals surface area contributed by atoms with E-state index < -0.39 is 0 Å². The van der Waals surface area contributed by atoms with E-state index in [1.165, 1.54) is 10.8 Å². The lowest BCUT2D eigenvalue weighted by atomic mass is 10.1. The largest absolute Gasteiger partial charge is 0.493 e. The van der Waals surface area contributed by atoms with Gasteiger partial charge in [-0.25, -0.2) is 0 Å². The van der Waals surface area contributed by atoms with Gasteiger partial charge in [0.1, 0.15) is 6.61 Å². The normalized spacial score (nSPS) is 10.6. The van der Waals surface area contributed by atoms with Crippen LogP contribution in [-0.2, 0) is 13.2 Å². The van der Waals surface area contributed by atoms with E-state index in [-0.39, 0.29) is 0 Å². The number of rotatable bonds is 7. The third-order valence-corrected chi connectivity index (χ3v) is 4.77. The van der Waals surface area contributed by atoms with Gasteiger partial charge in [-0.1, -0.05) is 78.9 Å². The van der Waals surface area contributed by atoms with Crippen molar-refractivity contribution in [3.8, 4) is 11.5 Å². The summed E-state index contributed by atoms with van der Waals surface area (Å²) in [5, 5.41) is 5.99. The zero-order chi connectivity index (χ0) is 19.2. The highest BCUT2D eigenvalue weighted by molar-refractivity contribution is 5.93. The quantitative estimate of drug-likeness (QED) is 0.431. The predicted octanol–water partition coefficient (Wildman–Crippen LogP) is 6.04. The summed E-state index contributed by atoms with van der Waals surface area (Å²) in [7, 11) is 1.67. The molecule has 3 nitrogen and oxygen atoms in total. The average molecular weight is 369 g/mol. The predicted molar refractivity (Wildman–Crippen MR) is 115 cm³/mol. The van der Waals surface area contributed by atoms with E-state index in [9.17, 15) is 0 Å². The highest BCUT2D eigenvalue weighted by Gasteiger charge is 2.11. The number of hydrogen-bond acceptors (Lipinski definition) is 3. The fourth-order valence-electron chi connectivity index (χ4n) is 3.32. The Balaban J connectivity index is 1.57. The van der Waals surface area contributed by atoms with Crippen LogP contribution in [0.25, 0.3) is 10.8 Å². The SMILES string of the molecule is COc1cccc(CNc2cccc3ccccc23)c1OCc1ccccc1. The maximum Gasteiger partial charge on any atom is 0.166 e. The first kappa shape index (κ1) is 17.9. The molecule has 0 unspecified atom stereocenters. The number of hydrogen-bond donors (Lipinski definition) is 1. The molecule has 1 N–H and O–H groups in total. The number of nitrogens with one attached hydrogen (secondary N) is 1. The summed E-state index contributed by atoms with van der Waals surface area (Å²) in [5.74, 6) is 1.52. The number of ether oxygens (including phenoxy) is 2. The standard InChI is InChI=1S/C25H23NO2/c1-27-24-16-8-13-21(25(24)28-18-19-9-3-2-4-10-19)17-26-23-15-7-12-20-11-5-6-14-22(20)23/h2-16,26H,17-18H2,1H3. The van der Waals surface area contributed by atoms with Crippen molar-refractivity contribution in [1.29, 1.82) is 0 Å². The first-order chi connectivity index (χ1) is 13.8. The Morgan fingerprint density at radius 2 is 1.50 bits per heavy atom. The smallest absolute Gasteiger partial charge is 0.166 e. The molecule has 140 valence electrons. The summed E-state index contributed by atoms with van der Waals surface area (Å²) in [6.45, 7) is 1.15. The Bertz CT molecular complexity index is 1060. The van der Waals surface area contributed by atoms with Crippen LogP contribution in [0.2, 0.25) is 0 Å². The van der Waals surface area contributed by atoms with E-state index in [0.29, 0.717) is 13.2 Å². The summed E-state index contributed by atoms with van der Waals surface area (Å²) in [6, 6.07) is 30.8. The van der Waals surface area contributed by atoms with Crippen LogP contribution in [-0.4, -0.2) is 7.11 Å². The molecule has 0 aliphatic heterocycles. The van der Waals surface area contributed by atoms with Crippen LogP contribution >= 0.6 is 0 Å². The lowest BCUT2D eigenvalue weighted by Crippen LogP contribution is -2.05. The Kier molecular flexibility index (Phi) is 5.43. The second kappa shape index (κ2) is 8.49. The van der Waals surface area contributed by atoms with Crippen molar-refractivity contribution >= 4 is 16.5 Å². The maximum absolute atomic E-state index is 6.16. The van der Waals surface area contributed by atoms with Gasteiger partial charge < -0.3 is 14.8 Å².